The molecule has 0 radical (unpaired) electrons. The zero-order valence-electron chi connectivity index (χ0n) is 12.5. The molecule has 2 unspecified atom stereocenters. The Morgan fingerprint density at radius 1 is 1.48 bits per heavy atom. The highest BCUT2D eigenvalue weighted by molar-refractivity contribution is 5.97. The monoisotopic (exact) mass is 291 g/mol. The van der Waals surface area contributed by atoms with Crippen molar-refractivity contribution in [2.75, 3.05) is 30.1 Å². The Kier molecular flexibility index (Phi) is 3.20. The van der Waals surface area contributed by atoms with Gasteiger partial charge in [-0.2, -0.15) is 0 Å². The van der Waals surface area contributed by atoms with E-state index in [0.717, 1.165) is 12.1 Å². The Hall–Kier alpha value is -1.95. The maximum absolute atomic E-state index is 11.4. The third kappa shape index (κ3) is 2.29. The molecule has 0 bridgehead atoms. The predicted octanol–water partition coefficient (Wildman–Crippen LogP) is 1.83. The van der Waals surface area contributed by atoms with E-state index in [9.17, 15) is 4.79 Å². The van der Waals surface area contributed by atoms with Crippen LogP contribution >= 0.6 is 0 Å². The lowest BCUT2D eigenvalue weighted by molar-refractivity contribution is -0.118. The standard InChI is InChI=1S/C15H21N3O3/c1-15(2)12(6-13(15)20-3)17-9-5-10-11(4-8(9)16)21-7-14(19)18-10/h4-5,12-13,17H,6-7,16H2,1-3H3,(H,18,19). The zero-order chi connectivity index (χ0) is 15.2. The number of nitrogens with one attached hydrogen (secondary N) is 2. The molecule has 6 heteroatoms. The number of carbonyl (C=O) groups is 1. The Bertz CT molecular complexity index is 586. The van der Waals surface area contributed by atoms with E-state index < -0.39 is 0 Å². The molecule has 4 N–H and O–H groups in total. The fourth-order valence-corrected chi connectivity index (χ4v) is 2.99. The van der Waals surface area contributed by atoms with Gasteiger partial charge in [-0.05, 0) is 12.5 Å². The van der Waals surface area contributed by atoms with Gasteiger partial charge in [0.15, 0.2) is 6.61 Å². The van der Waals surface area contributed by atoms with Gasteiger partial charge >= 0.3 is 0 Å². The molecule has 1 saturated carbocycles. The summed E-state index contributed by atoms with van der Waals surface area (Å²) in [4.78, 5) is 11.4. The predicted molar refractivity (Wildman–Crippen MR) is 81.6 cm³/mol. The summed E-state index contributed by atoms with van der Waals surface area (Å²) in [5.41, 5.74) is 8.19. The van der Waals surface area contributed by atoms with Gasteiger partial charge in [0.25, 0.3) is 5.91 Å². The summed E-state index contributed by atoms with van der Waals surface area (Å²) in [5, 5.41) is 6.25. The molecule has 21 heavy (non-hydrogen) atoms. The average molecular weight is 291 g/mol. The summed E-state index contributed by atoms with van der Waals surface area (Å²) < 4.78 is 10.8. The lowest BCUT2D eigenvalue weighted by atomic mass is 9.64. The summed E-state index contributed by atoms with van der Waals surface area (Å²) in [5.74, 6) is 0.460. The number of anilines is 3. The third-order valence-electron chi connectivity index (χ3n) is 4.58. The van der Waals surface area contributed by atoms with Gasteiger partial charge in [-0.25, -0.2) is 0 Å². The molecule has 114 valence electrons. The van der Waals surface area contributed by atoms with E-state index >= 15 is 0 Å². The van der Waals surface area contributed by atoms with Crippen LogP contribution in [0.25, 0.3) is 0 Å². The Morgan fingerprint density at radius 2 is 2.24 bits per heavy atom. The largest absolute Gasteiger partial charge is 0.482 e. The van der Waals surface area contributed by atoms with Gasteiger partial charge < -0.3 is 25.8 Å². The number of ether oxygens (including phenoxy) is 2. The van der Waals surface area contributed by atoms with Gasteiger partial charge in [0.2, 0.25) is 0 Å². The molecular formula is C15H21N3O3. The van der Waals surface area contributed by atoms with Crippen molar-refractivity contribution in [3.8, 4) is 5.75 Å². The summed E-state index contributed by atoms with van der Waals surface area (Å²) in [6.07, 6.45) is 1.18. The van der Waals surface area contributed by atoms with Gasteiger partial charge in [-0.3, -0.25) is 4.79 Å². The van der Waals surface area contributed by atoms with Crippen molar-refractivity contribution in [3.05, 3.63) is 12.1 Å². The number of hydrogen-bond donors (Lipinski definition) is 3. The van der Waals surface area contributed by atoms with Crippen LogP contribution in [0, 0.1) is 5.41 Å². The molecule has 6 nitrogen and oxygen atoms in total. The van der Waals surface area contributed by atoms with E-state index in [0.29, 0.717) is 17.1 Å². The summed E-state index contributed by atoms with van der Waals surface area (Å²) >= 11 is 0. The number of fused-ring (bicyclic) bond motifs is 1. The van der Waals surface area contributed by atoms with Crippen molar-refractivity contribution < 1.29 is 14.3 Å². The first-order chi connectivity index (χ1) is 9.91. The molecule has 0 spiro atoms. The minimum atomic E-state index is -0.151. The van der Waals surface area contributed by atoms with Crippen molar-refractivity contribution in [1.29, 1.82) is 0 Å². The average Bonchev–Trinajstić information content (AvgIpc) is 2.43. The number of nitrogen functional groups attached to an aromatic ring is 1. The summed E-state index contributed by atoms with van der Waals surface area (Å²) in [6.45, 7) is 4.37. The normalized spacial score (nSPS) is 26.1. The molecule has 1 fully saturated rings. The van der Waals surface area contributed by atoms with Crippen LogP contribution < -0.4 is 21.1 Å². The van der Waals surface area contributed by atoms with E-state index in [1.165, 1.54) is 0 Å². The second-order valence-electron chi connectivity index (χ2n) is 6.25. The maximum atomic E-state index is 11.4. The van der Waals surface area contributed by atoms with E-state index in [2.05, 4.69) is 24.5 Å². The topological polar surface area (TPSA) is 85.6 Å². The summed E-state index contributed by atoms with van der Waals surface area (Å²) in [7, 11) is 1.74. The van der Waals surface area contributed by atoms with E-state index in [1.54, 1.807) is 13.2 Å². The molecule has 1 heterocycles. The summed E-state index contributed by atoms with van der Waals surface area (Å²) in [6, 6.07) is 3.86. The Balaban J connectivity index is 1.81. The smallest absolute Gasteiger partial charge is 0.262 e. The highest BCUT2D eigenvalue weighted by Gasteiger charge is 2.48. The Morgan fingerprint density at radius 3 is 2.90 bits per heavy atom. The van der Waals surface area contributed by atoms with E-state index in [1.807, 2.05) is 6.07 Å². The molecule has 3 rings (SSSR count). The quantitative estimate of drug-likeness (QED) is 0.740. The van der Waals surface area contributed by atoms with Crippen LogP contribution in [0.3, 0.4) is 0 Å². The number of rotatable bonds is 3. The molecule has 1 amide bonds. The second-order valence-corrected chi connectivity index (χ2v) is 6.25. The van der Waals surface area contributed by atoms with Crippen molar-refractivity contribution in [2.24, 2.45) is 5.41 Å². The number of benzene rings is 1. The van der Waals surface area contributed by atoms with Crippen LogP contribution in [-0.4, -0.2) is 31.8 Å². The van der Waals surface area contributed by atoms with Crippen LogP contribution in [0.5, 0.6) is 5.75 Å². The zero-order valence-corrected chi connectivity index (χ0v) is 12.5. The lowest BCUT2D eigenvalue weighted by Crippen LogP contribution is -2.57. The number of nitrogens with two attached hydrogens (primary N) is 1. The van der Waals surface area contributed by atoms with E-state index in [-0.39, 0.29) is 30.1 Å². The lowest BCUT2D eigenvalue weighted by Gasteiger charge is -2.51. The Labute approximate surface area is 124 Å². The highest BCUT2D eigenvalue weighted by Crippen LogP contribution is 2.45. The molecule has 0 aromatic heterocycles. The number of methoxy groups -OCH3 is 1. The number of amides is 1. The molecule has 2 atom stereocenters. The molecular weight excluding hydrogens is 270 g/mol. The highest BCUT2D eigenvalue weighted by atomic mass is 16.5. The van der Waals surface area contributed by atoms with Gasteiger partial charge in [0.1, 0.15) is 5.75 Å². The van der Waals surface area contributed by atoms with Crippen LogP contribution in [0.1, 0.15) is 20.3 Å². The van der Waals surface area contributed by atoms with Crippen LogP contribution in [-0.2, 0) is 9.53 Å². The molecule has 2 aliphatic rings. The fraction of sp³-hybridized carbons (Fsp3) is 0.533. The minimum Gasteiger partial charge on any atom is -0.482 e. The molecule has 1 aromatic carbocycles. The van der Waals surface area contributed by atoms with Crippen LogP contribution in [0.4, 0.5) is 17.1 Å². The van der Waals surface area contributed by atoms with Crippen molar-refractivity contribution in [2.45, 2.75) is 32.4 Å². The van der Waals surface area contributed by atoms with Gasteiger partial charge in [0, 0.05) is 24.6 Å². The molecule has 1 aliphatic carbocycles. The molecule has 0 saturated heterocycles. The van der Waals surface area contributed by atoms with Gasteiger partial charge in [-0.1, -0.05) is 13.8 Å². The minimum absolute atomic E-state index is 0.0321. The van der Waals surface area contributed by atoms with Crippen molar-refractivity contribution in [3.63, 3.8) is 0 Å². The first-order valence-electron chi connectivity index (χ1n) is 7.07. The van der Waals surface area contributed by atoms with Crippen molar-refractivity contribution in [1.82, 2.24) is 0 Å². The van der Waals surface area contributed by atoms with Crippen molar-refractivity contribution >= 4 is 23.0 Å². The SMILES string of the molecule is COC1CC(Nc2cc3c(cc2N)OCC(=O)N3)C1(C)C. The molecule has 1 aromatic rings. The number of carbonyl (C=O) groups excluding carboxylic acids is 1. The van der Waals surface area contributed by atoms with Gasteiger partial charge in [0.05, 0.1) is 23.2 Å². The number of hydrogen-bond acceptors (Lipinski definition) is 5. The molecule has 1 aliphatic heterocycles. The van der Waals surface area contributed by atoms with Gasteiger partial charge in [-0.15, -0.1) is 0 Å². The maximum Gasteiger partial charge on any atom is 0.262 e. The van der Waals surface area contributed by atoms with E-state index in [4.69, 9.17) is 15.2 Å². The first kappa shape index (κ1) is 14.0. The second kappa shape index (κ2) is 4.80. The van der Waals surface area contributed by atoms with Crippen LogP contribution in [0.15, 0.2) is 12.1 Å². The third-order valence-corrected chi connectivity index (χ3v) is 4.58. The van der Waals surface area contributed by atoms with Crippen LogP contribution in [0.2, 0.25) is 0 Å². The first-order valence-corrected chi connectivity index (χ1v) is 7.07. The fourth-order valence-electron chi connectivity index (χ4n) is 2.99.